The molecule has 0 saturated carbocycles. The van der Waals surface area contributed by atoms with E-state index in [2.05, 4.69) is 0 Å². The summed E-state index contributed by atoms with van der Waals surface area (Å²) < 4.78 is 93.9. The van der Waals surface area contributed by atoms with Gasteiger partial charge in [-0.2, -0.15) is 0 Å². The van der Waals surface area contributed by atoms with E-state index in [1.165, 1.54) is 0 Å². The van der Waals surface area contributed by atoms with E-state index < -0.39 is 41.4 Å². The Morgan fingerprint density at radius 2 is 1.00 bits per heavy atom. The minimum atomic E-state index is -6.00. The Kier molecular flexibility index (Phi) is 6.18. The molecule has 0 unspecified atom stereocenters. The van der Waals surface area contributed by atoms with Crippen LogP contribution in [0, 0.1) is 23.3 Å². The van der Waals surface area contributed by atoms with Crippen LogP contribution < -0.4 is 0 Å². The lowest BCUT2D eigenvalue weighted by Crippen LogP contribution is -2.13. The van der Waals surface area contributed by atoms with Gasteiger partial charge in [0.15, 0.2) is 38.0 Å². The molecule has 0 aromatic heterocycles. The maximum Gasteiger partial charge on any atom is 0.673 e. The van der Waals surface area contributed by atoms with E-state index in [9.17, 15) is 34.8 Å². The van der Waals surface area contributed by atoms with Crippen LogP contribution in [0.5, 0.6) is 0 Å². The molecule has 0 N–H and O–H groups in total. The Balaban J connectivity index is 0.000000431. The zero-order valence-electron chi connectivity index (χ0n) is 14.1. The van der Waals surface area contributed by atoms with Crippen molar-refractivity contribution in [2.24, 2.45) is 0 Å². The topological polar surface area (TPSA) is 0 Å². The average Bonchev–Trinajstić information content (AvgIpc) is 2.62. The van der Waals surface area contributed by atoms with Gasteiger partial charge in [0.2, 0.25) is 0 Å². The molecule has 1 heterocycles. The number of hydrogen-bond donors (Lipinski definition) is 0. The first-order chi connectivity index (χ1) is 13.5. The van der Waals surface area contributed by atoms with Crippen molar-refractivity contribution in [1.29, 1.82) is 0 Å². The van der Waals surface area contributed by atoms with Gasteiger partial charge in [-0.25, -0.2) is 17.6 Å². The van der Waals surface area contributed by atoms with Crippen molar-refractivity contribution in [3.8, 4) is 0 Å². The fraction of sp³-hybridized carbons (Fsp3) is 0. The van der Waals surface area contributed by atoms with Crippen molar-refractivity contribution in [3.05, 3.63) is 77.9 Å². The van der Waals surface area contributed by atoms with Crippen molar-refractivity contribution < 1.29 is 34.8 Å². The predicted molar refractivity (Wildman–Crippen MR) is 95.6 cm³/mol. The van der Waals surface area contributed by atoms with Crippen LogP contribution in [0.4, 0.5) is 34.8 Å². The first-order valence-corrected chi connectivity index (χ1v) is 9.91. The van der Waals surface area contributed by atoms with Gasteiger partial charge >= 0.3 is 7.25 Å². The zero-order valence-corrected chi connectivity index (χ0v) is 15.7. The predicted octanol–water partition coefficient (Wildman–Crippen LogP) is 7.10. The van der Waals surface area contributed by atoms with Crippen molar-refractivity contribution >= 4 is 29.9 Å². The largest absolute Gasteiger partial charge is 0.673 e. The minimum absolute atomic E-state index is 0.514. The highest BCUT2D eigenvalue weighted by atomic mass is 32.2. The third-order valence-corrected chi connectivity index (χ3v) is 7.28. The number of halogens is 8. The Morgan fingerprint density at radius 1 is 0.621 bits per heavy atom. The van der Waals surface area contributed by atoms with Crippen LogP contribution in [0.1, 0.15) is 0 Å². The van der Waals surface area contributed by atoms with Crippen molar-refractivity contribution in [2.45, 2.75) is 24.5 Å². The van der Waals surface area contributed by atoms with E-state index in [-0.39, 0.29) is 0 Å². The molecule has 1 aliphatic rings. The lowest BCUT2D eigenvalue weighted by molar-refractivity contribution is 0.368. The summed E-state index contributed by atoms with van der Waals surface area (Å²) in [6.45, 7) is 0. The summed E-state index contributed by atoms with van der Waals surface area (Å²) in [5.74, 6) is -3.81. The normalized spacial score (nSPS) is 13.2. The monoisotopic (exact) mass is 452 g/mol. The Bertz CT molecular complexity index is 977. The summed E-state index contributed by atoms with van der Waals surface area (Å²) in [6, 6.07) is 13.7. The molecule has 152 valence electrons. The minimum Gasteiger partial charge on any atom is -0.418 e. The molecular weight excluding hydrogens is 443 g/mol. The van der Waals surface area contributed by atoms with Gasteiger partial charge in [0, 0.05) is 12.1 Å². The molecule has 0 radical (unpaired) electrons. The van der Waals surface area contributed by atoms with Crippen LogP contribution in [-0.4, -0.2) is 7.25 Å². The molecule has 0 aliphatic carbocycles. The Morgan fingerprint density at radius 3 is 1.41 bits per heavy atom. The highest BCUT2D eigenvalue weighted by Gasteiger charge is 2.40. The van der Waals surface area contributed by atoms with Gasteiger partial charge in [-0.05, 0) is 24.3 Å². The van der Waals surface area contributed by atoms with E-state index in [1.807, 2.05) is 30.3 Å². The first kappa shape index (κ1) is 21.6. The number of hydrogen-bond acceptors (Lipinski definition) is 1. The van der Waals surface area contributed by atoms with E-state index in [0.29, 0.717) is 19.6 Å². The average molecular weight is 452 g/mol. The second-order valence-electron chi connectivity index (χ2n) is 5.64. The molecule has 3 aromatic rings. The van der Waals surface area contributed by atoms with Crippen LogP contribution >= 0.6 is 11.8 Å². The van der Waals surface area contributed by atoms with Gasteiger partial charge in [-0.15, -0.1) is 0 Å². The van der Waals surface area contributed by atoms with Crippen molar-refractivity contribution in [1.82, 2.24) is 0 Å². The van der Waals surface area contributed by atoms with Crippen LogP contribution in [0.25, 0.3) is 0 Å². The van der Waals surface area contributed by atoms with Crippen molar-refractivity contribution in [3.63, 3.8) is 0 Å². The van der Waals surface area contributed by atoms with Gasteiger partial charge in [-0.1, -0.05) is 30.0 Å². The number of fused-ring (bicyclic) bond motifs is 2. The van der Waals surface area contributed by atoms with E-state index in [4.69, 9.17) is 0 Å². The summed E-state index contributed by atoms with van der Waals surface area (Å²) in [6.07, 6.45) is 0. The summed E-state index contributed by atoms with van der Waals surface area (Å²) in [7, 11) is -6.83. The maximum absolute atomic E-state index is 13.8. The number of rotatable bonds is 1. The molecule has 1 aliphatic heterocycles. The highest BCUT2D eigenvalue weighted by molar-refractivity contribution is 8.04. The standard InChI is InChI=1S/C18H9F4S2.BF4/c19-11-6-15-17(8-13(11)21)24(10-4-2-1-3-5-10)18-9-14(22)12(20)7-16(18)23-15;2-1(3,4)5/h1-9H;/q+1;-1. The molecule has 29 heavy (non-hydrogen) atoms. The quantitative estimate of drug-likeness (QED) is 0.169. The van der Waals surface area contributed by atoms with E-state index in [1.54, 1.807) is 0 Å². The molecular formula is C18H9BF8S2. The Labute approximate surface area is 167 Å². The lowest BCUT2D eigenvalue weighted by Gasteiger charge is -2.19. The Hall–Kier alpha value is -2.14. The zero-order chi connectivity index (χ0) is 21.3. The van der Waals surface area contributed by atoms with Gasteiger partial charge in [0.1, 0.15) is 10.9 Å². The molecule has 0 fully saturated rings. The third kappa shape index (κ3) is 5.08. The summed E-state index contributed by atoms with van der Waals surface area (Å²) in [5.41, 5.74) is 0. The molecule has 4 rings (SSSR count). The van der Waals surface area contributed by atoms with Crippen LogP contribution in [0.3, 0.4) is 0 Å². The molecule has 0 atom stereocenters. The fourth-order valence-corrected chi connectivity index (χ4v) is 6.31. The van der Waals surface area contributed by atoms with E-state index in [0.717, 1.165) is 40.9 Å². The molecule has 3 aromatic carbocycles. The SMILES string of the molecule is F[B-](F)(F)F.Fc1cc2c(cc1F)[S+](c1ccccc1)c1cc(F)c(F)cc1S2. The molecule has 0 spiro atoms. The number of benzene rings is 3. The van der Waals surface area contributed by atoms with E-state index >= 15 is 0 Å². The maximum atomic E-state index is 13.8. The first-order valence-electron chi connectivity index (χ1n) is 7.87. The second kappa shape index (κ2) is 8.31. The van der Waals surface area contributed by atoms with Gasteiger partial charge in [0.25, 0.3) is 0 Å². The van der Waals surface area contributed by atoms with Crippen LogP contribution in [0.2, 0.25) is 0 Å². The second-order valence-corrected chi connectivity index (χ2v) is 8.69. The van der Waals surface area contributed by atoms with Crippen molar-refractivity contribution in [2.75, 3.05) is 0 Å². The smallest absolute Gasteiger partial charge is 0.418 e. The molecule has 0 saturated heterocycles. The van der Waals surface area contributed by atoms with Crippen LogP contribution in [0.15, 0.2) is 79.1 Å². The molecule has 0 bridgehead atoms. The lowest BCUT2D eigenvalue weighted by atomic mass is 10.3. The third-order valence-electron chi connectivity index (χ3n) is 3.61. The highest BCUT2D eigenvalue weighted by Crippen LogP contribution is 2.49. The molecule has 0 nitrogen and oxygen atoms in total. The van der Waals surface area contributed by atoms with Gasteiger partial charge in [0.05, 0.1) is 9.79 Å². The molecule has 11 heteroatoms. The summed E-state index contributed by atoms with van der Waals surface area (Å²) >= 11 is 1.12. The molecule has 0 amide bonds. The van der Waals surface area contributed by atoms with Gasteiger partial charge in [-0.3, -0.25) is 0 Å². The van der Waals surface area contributed by atoms with Gasteiger partial charge < -0.3 is 17.3 Å². The summed E-state index contributed by atoms with van der Waals surface area (Å²) in [4.78, 5) is 3.00. The summed E-state index contributed by atoms with van der Waals surface area (Å²) in [5, 5.41) is 0. The fourth-order valence-electron chi connectivity index (χ4n) is 2.55. The van der Waals surface area contributed by atoms with Crippen LogP contribution in [-0.2, 0) is 10.9 Å².